The molecule has 5 heteroatoms. The molecule has 5 nitrogen and oxygen atoms in total. The van der Waals surface area contributed by atoms with Gasteiger partial charge in [-0.05, 0) is 36.3 Å². The van der Waals surface area contributed by atoms with Crippen LogP contribution >= 0.6 is 0 Å². The van der Waals surface area contributed by atoms with E-state index in [9.17, 15) is 19.8 Å². The first-order chi connectivity index (χ1) is 12.4. The molecule has 2 unspecified atom stereocenters. The fourth-order valence-corrected chi connectivity index (χ4v) is 3.40. The summed E-state index contributed by atoms with van der Waals surface area (Å²) in [4.78, 5) is 23.6. The van der Waals surface area contributed by atoms with Gasteiger partial charge in [-0.3, -0.25) is 4.79 Å². The molecule has 1 aromatic rings. The van der Waals surface area contributed by atoms with Crippen molar-refractivity contribution >= 4 is 17.3 Å². The van der Waals surface area contributed by atoms with Gasteiger partial charge in [-0.15, -0.1) is 0 Å². The lowest BCUT2D eigenvalue weighted by molar-refractivity contribution is -0.133. The zero-order valence-electron chi connectivity index (χ0n) is 14.6. The van der Waals surface area contributed by atoms with Crippen LogP contribution in [0.4, 0.5) is 0 Å². The molecule has 134 valence electrons. The van der Waals surface area contributed by atoms with Gasteiger partial charge in [0.1, 0.15) is 17.6 Å². The minimum atomic E-state index is -0.997. The predicted octanol–water partition coefficient (Wildman–Crippen LogP) is 3.66. The molecule has 1 aromatic carbocycles. The molecule has 1 aliphatic carbocycles. The standard InChI is InChI=1S/C21H20O5/c1-3-4-5-15(21(24)25)12(2)20-16-8-6-13(22)10-18(16)26-19-11-14(23)7-9-17(19)20/h3-10,12,19,22H,11H2,1-2H3,(H,24,25)/b4-3-,15-5+. The molecule has 1 aliphatic heterocycles. The molecule has 0 amide bonds. The number of ether oxygens (including phenoxy) is 1. The van der Waals surface area contributed by atoms with E-state index in [4.69, 9.17) is 4.74 Å². The van der Waals surface area contributed by atoms with E-state index in [0.717, 1.165) is 16.7 Å². The topological polar surface area (TPSA) is 83.8 Å². The molecular weight excluding hydrogens is 332 g/mol. The molecule has 0 radical (unpaired) electrons. The first-order valence-electron chi connectivity index (χ1n) is 8.43. The Bertz CT molecular complexity index is 886. The van der Waals surface area contributed by atoms with Crippen molar-refractivity contribution in [2.24, 2.45) is 5.92 Å². The van der Waals surface area contributed by atoms with Crippen LogP contribution in [0.5, 0.6) is 11.5 Å². The van der Waals surface area contributed by atoms with Crippen molar-refractivity contribution in [2.45, 2.75) is 26.4 Å². The number of hydrogen-bond acceptors (Lipinski definition) is 4. The quantitative estimate of drug-likeness (QED) is 0.638. The first-order valence-corrected chi connectivity index (χ1v) is 8.43. The van der Waals surface area contributed by atoms with Crippen LogP contribution in [-0.4, -0.2) is 28.1 Å². The number of hydrogen-bond donors (Lipinski definition) is 2. The third kappa shape index (κ3) is 3.20. The largest absolute Gasteiger partial charge is 0.508 e. The summed E-state index contributed by atoms with van der Waals surface area (Å²) < 4.78 is 5.92. The number of ketones is 1. The maximum Gasteiger partial charge on any atom is 0.332 e. The second-order valence-electron chi connectivity index (χ2n) is 6.33. The zero-order chi connectivity index (χ0) is 18.8. The van der Waals surface area contributed by atoms with Crippen LogP contribution in [0.2, 0.25) is 0 Å². The molecule has 0 aromatic heterocycles. The van der Waals surface area contributed by atoms with E-state index in [1.54, 1.807) is 36.4 Å². The second kappa shape index (κ2) is 7.04. The number of aromatic hydroxyl groups is 1. The molecule has 0 fully saturated rings. The Morgan fingerprint density at radius 1 is 1.35 bits per heavy atom. The van der Waals surface area contributed by atoms with Gasteiger partial charge in [0, 0.05) is 23.1 Å². The average molecular weight is 352 g/mol. The van der Waals surface area contributed by atoms with E-state index >= 15 is 0 Å². The summed E-state index contributed by atoms with van der Waals surface area (Å²) in [6.07, 6.45) is 7.99. The highest BCUT2D eigenvalue weighted by molar-refractivity contribution is 5.97. The lowest BCUT2D eigenvalue weighted by atomic mass is 9.79. The predicted molar refractivity (Wildman–Crippen MR) is 97.9 cm³/mol. The molecule has 3 rings (SSSR count). The lowest BCUT2D eigenvalue weighted by Crippen LogP contribution is -2.30. The smallest absolute Gasteiger partial charge is 0.332 e. The highest BCUT2D eigenvalue weighted by Gasteiger charge is 2.35. The molecule has 26 heavy (non-hydrogen) atoms. The van der Waals surface area contributed by atoms with Crippen LogP contribution in [0.1, 0.15) is 25.8 Å². The molecule has 0 spiro atoms. The van der Waals surface area contributed by atoms with E-state index in [0.29, 0.717) is 5.75 Å². The molecule has 2 atom stereocenters. The summed E-state index contributed by atoms with van der Waals surface area (Å²) in [6.45, 7) is 3.65. The van der Waals surface area contributed by atoms with Gasteiger partial charge in [0.15, 0.2) is 5.78 Å². The Kier molecular flexibility index (Phi) is 4.80. The number of phenolic OH excluding ortho intramolecular Hbond substituents is 1. The van der Waals surface area contributed by atoms with Gasteiger partial charge < -0.3 is 14.9 Å². The fourth-order valence-electron chi connectivity index (χ4n) is 3.40. The van der Waals surface area contributed by atoms with Crippen molar-refractivity contribution < 1.29 is 24.5 Å². The maximum absolute atomic E-state index is 11.8. The van der Waals surface area contributed by atoms with Gasteiger partial charge in [-0.2, -0.15) is 0 Å². The van der Waals surface area contributed by atoms with E-state index in [1.807, 2.05) is 13.8 Å². The van der Waals surface area contributed by atoms with Gasteiger partial charge in [0.05, 0.1) is 6.42 Å². The Morgan fingerprint density at radius 3 is 2.81 bits per heavy atom. The summed E-state index contributed by atoms with van der Waals surface area (Å²) in [5, 5.41) is 19.4. The van der Waals surface area contributed by atoms with Crippen LogP contribution in [0, 0.1) is 5.92 Å². The Morgan fingerprint density at radius 2 is 2.12 bits per heavy atom. The number of aliphatic carboxylic acids is 1. The summed E-state index contributed by atoms with van der Waals surface area (Å²) in [5.74, 6) is -0.953. The van der Waals surface area contributed by atoms with Crippen molar-refractivity contribution in [3.8, 4) is 11.5 Å². The molecule has 0 saturated carbocycles. The highest BCUT2D eigenvalue weighted by atomic mass is 16.5. The van der Waals surface area contributed by atoms with Gasteiger partial charge in [0.25, 0.3) is 0 Å². The van der Waals surface area contributed by atoms with E-state index in [2.05, 4.69) is 0 Å². The number of phenols is 1. The van der Waals surface area contributed by atoms with Gasteiger partial charge >= 0.3 is 5.97 Å². The number of carboxylic acid groups (broad SMARTS) is 1. The number of carboxylic acids is 1. The van der Waals surface area contributed by atoms with E-state index in [-0.39, 0.29) is 23.5 Å². The normalized spacial score (nSPS) is 20.6. The minimum absolute atomic E-state index is 0.0442. The van der Waals surface area contributed by atoms with Crippen LogP contribution in [0.15, 0.2) is 59.7 Å². The summed E-state index contributed by atoms with van der Waals surface area (Å²) >= 11 is 0. The minimum Gasteiger partial charge on any atom is -0.508 e. The number of carbonyl (C=O) groups is 2. The zero-order valence-corrected chi connectivity index (χ0v) is 14.6. The summed E-state index contributed by atoms with van der Waals surface area (Å²) in [6, 6.07) is 4.76. The van der Waals surface area contributed by atoms with Crippen molar-refractivity contribution in [3.63, 3.8) is 0 Å². The van der Waals surface area contributed by atoms with Crippen LogP contribution in [0.3, 0.4) is 0 Å². The van der Waals surface area contributed by atoms with Crippen molar-refractivity contribution in [1.82, 2.24) is 0 Å². The third-order valence-corrected chi connectivity index (χ3v) is 4.63. The second-order valence-corrected chi connectivity index (χ2v) is 6.33. The van der Waals surface area contributed by atoms with E-state index < -0.39 is 18.0 Å². The molecule has 0 bridgehead atoms. The number of carbonyl (C=O) groups excluding carboxylic acids is 1. The summed E-state index contributed by atoms with van der Waals surface area (Å²) in [5.41, 5.74) is 2.59. The lowest BCUT2D eigenvalue weighted by Gasteiger charge is -2.34. The molecular formula is C21H20O5. The molecule has 2 aliphatic rings. The molecule has 2 N–H and O–H groups in total. The first kappa shape index (κ1) is 17.7. The van der Waals surface area contributed by atoms with Crippen LogP contribution in [-0.2, 0) is 9.59 Å². The van der Waals surface area contributed by atoms with Gasteiger partial charge in [-0.25, -0.2) is 4.79 Å². The van der Waals surface area contributed by atoms with Crippen molar-refractivity contribution in [1.29, 1.82) is 0 Å². The molecule has 0 saturated heterocycles. The van der Waals surface area contributed by atoms with Gasteiger partial charge in [-0.1, -0.05) is 31.2 Å². The Hall–Kier alpha value is -3.08. The Balaban J connectivity index is 2.21. The monoisotopic (exact) mass is 352 g/mol. The Labute approximate surface area is 151 Å². The SMILES string of the molecule is C/C=C\C=C(\C(=O)O)C(C)C1=C2C=CC(=O)CC2Oc2cc(O)ccc21. The van der Waals surface area contributed by atoms with Gasteiger partial charge in [0.2, 0.25) is 0 Å². The van der Waals surface area contributed by atoms with Crippen LogP contribution in [0.25, 0.3) is 5.57 Å². The van der Waals surface area contributed by atoms with Crippen molar-refractivity contribution in [2.75, 3.05) is 0 Å². The fraction of sp³-hybridized carbons (Fsp3) is 0.238. The third-order valence-electron chi connectivity index (χ3n) is 4.63. The number of rotatable bonds is 4. The number of fused-ring (bicyclic) bond motifs is 2. The van der Waals surface area contributed by atoms with E-state index in [1.165, 1.54) is 12.1 Å². The number of benzene rings is 1. The van der Waals surface area contributed by atoms with Crippen molar-refractivity contribution in [3.05, 3.63) is 65.3 Å². The number of allylic oxidation sites excluding steroid dienone is 5. The van der Waals surface area contributed by atoms with Crippen LogP contribution < -0.4 is 4.74 Å². The highest BCUT2D eigenvalue weighted by Crippen LogP contribution is 2.45. The maximum atomic E-state index is 11.8. The molecule has 1 heterocycles. The average Bonchev–Trinajstić information content (AvgIpc) is 2.59. The summed E-state index contributed by atoms with van der Waals surface area (Å²) in [7, 11) is 0.